The number of carbonyl (C=O) groups excluding carboxylic acids is 2. The quantitative estimate of drug-likeness (QED) is 0.650. The van der Waals surface area contributed by atoms with E-state index in [-0.39, 0.29) is 18.0 Å². The summed E-state index contributed by atoms with van der Waals surface area (Å²) in [6, 6.07) is 3.59. The lowest BCUT2D eigenvalue weighted by atomic mass is 10.0. The van der Waals surface area contributed by atoms with Gasteiger partial charge in [-0.1, -0.05) is 5.57 Å². The Hall–Kier alpha value is -1.77. The van der Waals surface area contributed by atoms with Gasteiger partial charge in [-0.3, -0.25) is 14.6 Å². The second-order valence-corrected chi connectivity index (χ2v) is 3.77. The Balaban J connectivity index is 2.52. The minimum Gasteiger partial charge on any atom is -0.290 e. The van der Waals surface area contributed by atoms with Gasteiger partial charge in [-0.05, 0) is 31.5 Å². The van der Waals surface area contributed by atoms with Crippen molar-refractivity contribution in [1.29, 1.82) is 0 Å². The first-order valence-electron chi connectivity index (χ1n) is 4.80. The van der Waals surface area contributed by atoms with E-state index in [2.05, 4.69) is 4.98 Å². The predicted molar refractivity (Wildman–Crippen MR) is 56.2 cm³/mol. The summed E-state index contributed by atoms with van der Waals surface area (Å²) >= 11 is 0. The zero-order valence-electron chi connectivity index (χ0n) is 8.70. The minimum absolute atomic E-state index is 0.259. The number of rotatable bonds is 1. The van der Waals surface area contributed by atoms with Crippen molar-refractivity contribution in [2.45, 2.75) is 20.3 Å². The van der Waals surface area contributed by atoms with Crippen LogP contribution in [0, 0.1) is 6.92 Å². The Kier molecular flexibility index (Phi) is 2.23. The summed E-state index contributed by atoms with van der Waals surface area (Å²) in [4.78, 5) is 26.9. The zero-order valence-corrected chi connectivity index (χ0v) is 8.70. The molecule has 1 heterocycles. The molecular formula is C12H11NO2. The molecule has 3 nitrogen and oxygen atoms in total. The lowest BCUT2D eigenvalue weighted by Gasteiger charge is -2.02. The van der Waals surface area contributed by atoms with Gasteiger partial charge < -0.3 is 0 Å². The fourth-order valence-corrected chi connectivity index (χ4v) is 1.82. The predicted octanol–water partition coefficient (Wildman–Crippen LogP) is 1.71. The molecule has 0 saturated heterocycles. The van der Waals surface area contributed by atoms with Crippen LogP contribution in [-0.4, -0.2) is 16.6 Å². The van der Waals surface area contributed by atoms with Crippen LogP contribution in [0.5, 0.6) is 0 Å². The SMILES string of the molecule is CC1=C(c2ccnc(C)c2)C(=O)C(=O)C1. The fourth-order valence-electron chi connectivity index (χ4n) is 1.82. The summed E-state index contributed by atoms with van der Waals surface area (Å²) < 4.78 is 0. The molecule has 0 atom stereocenters. The highest BCUT2D eigenvalue weighted by atomic mass is 16.2. The van der Waals surface area contributed by atoms with Crippen molar-refractivity contribution in [2.24, 2.45) is 0 Å². The average Bonchev–Trinajstić information content (AvgIpc) is 2.41. The van der Waals surface area contributed by atoms with Gasteiger partial charge in [0.05, 0.1) is 0 Å². The molecule has 1 aliphatic carbocycles. The van der Waals surface area contributed by atoms with Gasteiger partial charge in [-0.15, -0.1) is 0 Å². The fraction of sp³-hybridized carbons (Fsp3) is 0.250. The van der Waals surface area contributed by atoms with Crippen molar-refractivity contribution in [2.75, 3.05) is 0 Å². The molecule has 0 N–H and O–H groups in total. The Bertz CT molecular complexity index is 486. The summed E-state index contributed by atoms with van der Waals surface area (Å²) in [7, 11) is 0. The van der Waals surface area contributed by atoms with Crippen LogP contribution in [0.3, 0.4) is 0 Å². The van der Waals surface area contributed by atoms with Crippen LogP contribution < -0.4 is 0 Å². The molecule has 0 unspecified atom stereocenters. The third kappa shape index (κ3) is 1.61. The molecule has 1 aromatic rings. The van der Waals surface area contributed by atoms with Gasteiger partial charge in [-0.25, -0.2) is 0 Å². The number of pyridine rings is 1. The second-order valence-electron chi connectivity index (χ2n) is 3.77. The first-order valence-corrected chi connectivity index (χ1v) is 4.80. The summed E-state index contributed by atoms with van der Waals surface area (Å²) in [6.07, 6.45) is 1.91. The van der Waals surface area contributed by atoms with E-state index in [1.54, 1.807) is 12.3 Å². The van der Waals surface area contributed by atoms with Crippen molar-refractivity contribution in [1.82, 2.24) is 4.98 Å². The second kappa shape index (κ2) is 3.42. The molecule has 1 aliphatic rings. The van der Waals surface area contributed by atoms with Crippen molar-refractivity contribution < 1.29 is 9.59 Å². The minimum atomic E-state index is -0.363. The topological polar surface area (TPSA) is 47.0 Å². The van der Waals surface area contributed by atoms with Crippen LogP contribution >= 0.6 is 0 Å². The molecule has 0 spiro atoms. The maximum absolute atomic E-state index is 11.6. The number of hydrogen-bond donors (Lipinski definition) is 0. The van der Waals surface area contributed by atoms with Crippen LogP contribution in [0.1, 0.15) is 24.6 Å². The van der Waals surface area contributed by atoms with Gasteiger partial charge in [0.2, 0.25) is 11.6 Å². The lowest BCUT2D eigenvalue weighted by Crippen LogP contribution is -2.07. The number of aryl methyl sites for hydroxylation is 1. The van der Waals surface area contributed by atoms with Gasteiger partial charge in [0.1, 0.15) is 0 Å². The highest BCUT2D eigenvalue weighted by Gasteiger charge is 2.29. The molecule has 2 rings (SSSR count). The Morgan fingerprint density at radius 1 is 1.27 bits per heavy atom. The maximum atomic E-state index is 11.6. The Labute approximate surface area is 87.8 Å². The number of Topliss-reactive ketones (excluding diaryl/α,β-unsaturated/α-hetero) is 2. The smallest absolute Gasteiger partial charge is 0.229 e. The van der Waals surface area contributed by atoms with Gasteiger partial charge in [-0.2, -0.15) is 0 Å². The third-order valence-corrected chi connectivity index (χ3v) is 2.52. The molecule has 0 radical (unpaired) electrons. The van der Waals surface area contributed by atoms with E-state index < -0.39 is 0 Å². The third-order valence-electron chi connectivity index (χ3n) is 2.52. The van der Waals surface area contributed by atoms with Crippen LogP contribution in [0.25, 0.3) is 5.57 Å². The molecule has 0 bridgehead atoms. The van der Waals surface area contributed by atoms with Gasteiger partial charge in [0.25, 0.3) is 0 Å². The zero-order chi connectivity index (χ0) is 11.0. The highest BCUT2D eigenvalue weighted by molar-refractivity contribution is 6.57. The first kappa shape index (κ1) is 9.77. The average molecular weight is 201 g/mol. The first-order chi connectivity index (χ1) is 7.09. The molecule has 1 aromatic heterocycles. The van der Waals surface area contributed by atoms with E-state index in [0.29, 0.717) is 5.57 Å². The molecule has 0 fully saturated rings. The standard InChI is InChI=1S/C12H11NO2/c1-7-5-10(14)12(15)11(7)9-3-4-13-8(2)6-9/h3-4,6H,5H2,1-2H3. The van der Waals surface area contributed by atoms with Crippen LogP contribution in [0.2, 0.25) is 0 Å². The summed E-state index contributed by atoms with van der Waals surface area (Å²) in [6.45, 7) is 3.69. The number of carbonyl (C=O) groups is 2. The van der Waals surface area contributed by atoms with E-state index in [9.17, 15) is 9.59 Å². The summed E-state index contributed by atoms with van der Waals surface area (Å²) in [5.74, 6) is -0.671. The number of aromatic nitrogens is 1. The van der Waals surface area contributed by atoms with E-state index in [1.807, 2.05) is 19.9 Å². The number of nitrogens with zero attached hydrogens (tertiary/aromatic N) is 1. The van der Waals surface area contributed by atoms with Crippen LogP contribution in [-0.2, 0) is 9.59 Å². The molecule has 0 aromatic carbocycles. The van der Waals surface area contributed by atoms with Gasteiger partial charge in [0, 0.05) is 23.9 Å². The Morgan fingerprint density at radius 3 is 2.53 bits per heavy atom. The maximum Gasteiger partial charge on any atom is 0.229 e. The number of hydrogen-bond acceptors (Lipinski definition) is 3. The molecular weight excluding hydrogens is 190 g/mol. The molecule has 3 heteroatoms. The van der Waals surface area contributed by atoms with Crippen LogP contribution in [0.15, 0.2) is 23.9 Å². The van der Waals surface area contributed by atoms with E-state index in [1.165, 1.54) is 0 Å². The van der Waals surface area contributed by atoms with Gasteiger partial charge >= 0.3 is 0 Å². The Morgan fingerprint density at radius 2 is 2.00 bits per heavy atom. The monoisotopic (exact) mass is 201 g/mol. The number of allylic oxidation sites excluding steroid dienone is 2. The molecule has 15 heavy (non-hydrogen) atoms. The van der Waals surface area contributed by atoms with Crippen molar-refractivity contribution in [3.63, 3.8) is 0 Å². The molecule has 0 aliphatic heterocycles. The molecule has 0 amide bonds. The highest BCUT2D eigenvalue weighted by Crippen LogP contribution is 2.28. The molecule has 76 valence electrons. The normalized spacial score (nSPS) is 16.4. The van der Waals surface area contributed by atoms with Crippen LogP contribution in [0.4, 0.5) is 0 Å². The van der Waals surface area contributed by atoms with Crippen molar-refractivity contribution >= 4 is 17.1 Å². The van der Waals surface area contributed by atoms with E-state index in [0.717, 1.165) is 16.8 Å². The lowest BCUT2D eigenvalue weighted by molar-refractivity contribution is -0.132. The van der Waals surface area contributed by atoms with E-state index in [4.69, 9.17) is 0 Å². The van der Waals surface area contributed by atoms with Gasteiger partial charge in [0.15, 0.2) is 0 Å². The summed E-state index contributed by atoms with van der Waals surface area (Å²) in [5.41, 5.74) is 3.07. The number of ketones is 2. The van der Waals surface area contributed by atoms with Crippen molar-refractivity contribution in [3.8, 4) is 0 Å². The summed E-state index contributed by atoms with van der Waals surface area (Å²) in [5, 5.41) is 0. The molecule has 0 saturated carbocycles. The van der Waals surface area contributed by atoms with E-state index >= 15 is 0 Å². The largest absolute Gasteiger partial charge is 0.290 e. The van der Waals surface area contributed by atoms with Crippen molar-refractivity contribution in [3.05, 3.63) is 35.2 Å².